The first-order valence-electron chi connectivity index (χ1n) is 9.39. The molecule has 8 atom stereocenters. The lowest BCUT2D eigenvalue weighted by molar-refractivity contribution is -0.120. The Balaban J connectivity index is 1.75. The maximum Gasteiger partial charge on any atom is 0.0601 e. The maximum atomic E-state index is 10.7. The molecule has 0 spiro atoms. The minimum absolute atomic E-state index is 0.0352. The van der Waals surface area contributed by atoms with E-state index in [0.29, 0.717) is 10.8 Å². The molecule has 0 aromatic heterocycles. The summed E-state index contributed by atoms with van der Waals surface area (Å²) in [7, 11) is 0. The highest BCUT2D eigenvalue weighted by molar-refractivity contribution is 5.20. The van der Waals surface area contributed by atoms with Gasteiger partial charge in [-0.05, 0) is 84.4 Å². The van der Waals surface area contributed by atoms with Gasteiger partial charge in [-0.15, -0.1) is 0 Å². The Labute approximate surface area is 130 Å². The zero-order valence-electron chi connectivity index (χ0n) is 14.7. The standard InChI is InChI=1S/C20H34O/c1-12(2)13-6-7-18(3)8-9-19(4)11-15(21)20(5)10-14(20)17(19)16(13)18/h12-17,21H,6-11H2,1-5H3/t13-,14-,15+,16+,17+,18+,19-,20-/m0/s1. The third-order valence-corrected chi connectivity index (χ3v) is 8.83. The van der Waals surface area contributed by atoms with Crippen LogP contribution < -0.4 is 0 Å². The van der Waals surface area contributed by atoms with Crippen LogP contribution in [0.4, 0.5) is 0 Å². The van der Waals surface area contributed by atoms with Crippen LogP contribution in [0.15, 0.2) is 0 Å². The van der Waals surface area contributed by atoms with Gasteiger partial charge >= 0.3 is 0 Å². The highest BCUT2D eigenvalue weighted by Crippen LogP contribution is 2.76. The lowest BCUT2D eigenvalue weighted by Gasteiger charge is -2.58. The molecule has 0 heterocycles. The summed E-state index contributed by atoms with van der Waals surface area (Å²) in [6, 6.07) is 0. The highest BCUT2D eigenvalue weighted by Gasteiger charge is 2.71. The molecule has 0 aromatic carbocycles. The van der Waals surface area contributed by atoms with Crippen molar-refractivity contribution in [2.45, 2.75) is 79.2 Å². The fourth-order valence-electron chi connectivity index (χ4n) is 7.25. The van der Waals surface area contributed by atoms with Crippen LogP contribution in [0.5, 0.6) is 0 Å². The molecular formula is C20H34O. The van der Waals surface area contributed by atoms with Gasteiger partial charge in [0.1, 0.15) is 0 Å². The quantitative estimate of drug-likeness (QED) is 0.729. The molecule has 4 saturated carbocycles. The van der Waals surface area contributed by atoms with Gasteiger partial charge in [0.25, 0.3) is 0 Å². The fourth-order valence-corrected chi connectivity index (χ4v) is 7.25. The van der Waals surface area contributed by atoms with E-state index in [1.165, 1.54) is 32.1 Å². The van der Waals surface area contributed by atoms with Crippen molar-refractivity contribution in [3.63, 3.8) is 0 Å². The Kier molecular flexibility index (Phi) is 2.82. The normalized spacial score (nSPS) is 62.1. The average molecular weight is 290 g/mol. The summed E-state index contributed by atoms with van der Waals surface area (Å²) in [5.41, 5.74) is 1.29. The third kappa shape index (κ3) is 1.73. The zero-order valence-corrected chi connectivity index (χ0v) is 14.7. The van der Waals surface area contributed by atoms with E-state index in [9.17, 15) is 5.11 Å². The largest absolute Gasteiger partial charge is 0.393 e. The van der Waals surface area contributed by atoms with E-state index in [-0.39, 0.29) is 11.5 Å². The number of rotatable bonds is 1. The van der Waals surface area contributed by atoms with Crippen molar-refractivity contribution in [1.29, 1.82) is 0 Å². The third-order valence-electron chi connectivity index (χ3n) is 8.83. The van der Waals surface area contributed by atoms with Crippen molar-refractivity contribution in [2.75, 3.05) is 0 Å². The van der Waals surface area contributed by atoms with Gasteiger partial charge in [0.15, 0.2) is 0 Å². The molecule has 0 aromatic rings. The molecule has 1 heteroatoms. The molecule has 0 radical (unpaired) electrons. The van der Waals surface area contributed by atoms with Crippen LogP contribution in [-0.4, -0.2) is 11.2 Å². The summed E-state index contributed by atoms with van der Waals surface area (Å²) in [5, 5.41) is 10.7. The molecule has 4 aliphatic carbocycles. The summed E-state index contributed by atoms with van der Waals surface area (Å²) in [6.07, 6.45) is 8.01. The van der Waals surface area contributed by atoms with Gasteiger partial charge in [-0.3, -0.25) is 0 Å². The van der Waals surface area contributed by atoms with Gasteiger partial charge in [-0.2, -0.15) is 0 Å². The number of fused-ring (bicyclic) bond motifs is 5. The molecular weight excluding hydrogens is 256 g/mol. The number of hydrogen-bond donors (Lipinski definition) is 1. The molecule has 1 N–H and O–H groups in total. The Hall–Kier alpha value is -0.0400. The van der Waals surface area contributed by atoms with E-state index < -0.39 is 0 Å². The minimum atomic E-state index is -0.0352. The molecule has 0 bridgehead atoms. The van der Waals surface area contributed by atoms with Crippen LogP contribution in [0.25, 0.3) is 0 Å². The van der Waals surface area contributed by atoms with Crippen molar-refractivity contribution in [2.24, 2.45) is 45.8 Å². The summed E-state index contributed by atoms with van der Waals surface area (Å²) < 4.78 is 0. The number of aliphatic hydroxyl groups is 1. The lowest BCUT2D eigenvalue weighted by Crippen LogP contribution is -2.53. The van der Waals surface area contributed by atoms with Crippen LogP contribution in [0.2, 0.25) is 0 Å². The second-order valence-electron chi connectivity index (χ2n) is 10.3. The van der Waals surface area contributed by atoms with Gasteiger partial charge in [0, 0.05) is 0 Å². The summed E-state index contributed by atoms with van der Waals surface area (Å²) >= 11 is 0. The second-order valence-corrected chi connectivity index (χ2v) is 10.3. The fraction of sp³-hybridized carbons (Fsp3) is 1.00. The Morgan fingerprint density at radius 3 is 2.24 bits per heavy atom. The number of aliphatic hydroxyl groups excluding tert-OH is 1. The SMILES string of the molecule is CC(C)[C@@H]1CC[C@]2(C)CC[C@@]3(C)C[C@@H](O)[C@@]4(C)C[C@H]4[C@@H]3[C@@H]12. The zero-order chi connectivity index (χ0) is 15.2. The van der Waals surface area contributed by atoms with E-state index in [4.69, 9.17) is 0 Å². The smallest absolute Gasteiger partial charge is 0.0601 e. The van der Waals surface area contributed by atoms with Gasteiger partial charge < -0.3 is 5.11 Å². The van der Waals surface area contributed by atoms with Crippen molar-refractivity contribution in [3.05, 3.63) is 0 Å². The van der Waals surface area contributed by atoms with Crippen LogP contribution in [0, 0.1) is 45.8 Å². The van der Waals surface area contributed by atoms with Crippen LogP contribution in [0.3, 0.4) is 0 Å². The summed E-state index contributed by atoms with van der Waals surface area (Å²) in [4.78, 5) is 0. The Morgan fingerprint density at radius 1 is 0.905 bits per heavy atom. The average Bonchev–Trinajstić information content (AvgIpc) is 2.95. The van der Waals surface area contributed by atoms with Crippen LogP contribution >= 0.6 is 0 Å². The van der Waals surface area contributed by atoms with Gasteiger partial charge in [0.05, 0.1) is 6.10 Å². The molecule has 21 heavy (non-hydrogen) atoms. The molecule has 4 fully saturated rings. The highest BCUT2D eigenvalue weighted by atomic mass is 16.3. The lowest BCUT2D eigenvalue weighted by atomic mass is 9.47. The predicted octanol–water partition coefficient (Wildman–Crippen LogP) is 4.88. The van der Waals surface area contributed by atoms with Gasteiger partial charge in [-0.1, -0.05) is 34.6 Å². The van der Waals surface area contributed by atoms with Crippen LogP contribution in [0.1, 0.15) is 73.1 Å². The molecule has 1 nitrogen and oxygen atoms in total. The molecule has 0 saturated heterocycles. The van der Waals surface area contributed by atoms with E-state index in [1.54, 1.807) is 0 Å². The first kappa shape index (κ1) is 14.5. The monoisotopic (exact) mass is 290 g/mol. The topological polar surface area (TPSA) is 20.2 Å². The van der Waals surface area contributed by atoms with Crippen molar-refractivity contribution >= 4 is 0 Å². The first-order valence-corrected chi connectivity index (χ1v) is 9.39. The van der Waals surface area contributed by atoms with Crippen molar-refractivity contribution in [1.82, 2.24) is 0 Å². The maximum absolute atomic E-state index is 10.7. The molecule has 0 amide bonds. The van der Waals surface area contributed by atoms with Gasteiger partial charge in [-0.25, -0.2) is 0 Å². The van der Waals surface area contributed by atoms with E-state index in [1.807, 2.05) is 0 Å². The first-order chi connectivity index (χ1) is 9.71. The Bertz CT molecular complexity index is 457. The van der Waals surface area contributed by atoms with Crippen molar-refractivity contribution < 1.29 is 5.11 Å². The second kappa shape index (κ2) is 4.08. The summed E-state index contributed by atoms with van der Waals surface area (Å²) in [6.45, 7) is 12.4. The molecule has 0 aliphatic heterocycles. The molecule has 4 aliphatic rings. The Morgan fingerprint density at radius 2 is 1.57 bits per heavy atom. The van der Waals surface area contributed by atoms with Gasteiger partial charge in [0.2, 0.25) is 0 Å². The van der Waals surface area contributed by atoms with Crippen molar-refractivity contribution in [3.8, 4) is 0 Å². The van der Waals surface area contributed by atoms with E-state index in [0.717, 1.165) is 36.0 Å². The minimum Gasteiger partial charge on any atom is -0.393 e. The summed E-state index contributed by atoms with van der Waals surface area (Å²) in [5.74, 6) is 4.39. The number of hydrogen-bond acceptors (Lipinski definition) is 1. The van der Waals surface area contributed by atoms with E-state index in [2.05, 4.69) is 34.6 Å². The molecule has 120 valence electrons. The molecule has 0 unspecified atom stereocenters. The predicted molar refractivity (Wildman–Crippen MR) is 86.8 cm³/mol. The van der Waals surface area contributed by atoms with E-state index >= 15 is 0 Å². The van der Waals surface area contributed by atoms with Crippen LogP contribution in [-0.2, 0) is 0 Å². The molecule has 4 rings (SSSR count).